The van der Waals surface area contributed by atoms with E-state index >= 15 is 0 Å². The fourth-order valence-electron chi connectivity index (χ4n) is 2.07. The summed E-state index contributed by atoms with van der Waals surface area (Å²) >= 11 is 0. The van der Waals surface area contributed by atoms with E-state index in [0.29, 0.717) is 25.7 Å². The van der Waals surface area contributed by atoms with Crippen molar-refractivity contribution >= 4 is 0 Å². The van der Waals surface area contributed by atoms with E-state index in [-0.39, 0.29) is 6.42 Å². The van der Waals surface area contributed by atoms with Crippen LogP contribution >= 0.6 is 0 Å². The van der Waals surface area contributed by atoms with E-state index in [4.69, 9.17) is 0 Å². The van der Waals surface area contributed by atoms with Crippen molar-refractivity contribution < 1.29 is 8.78 Å². The first-order valence-corrected chi connectivity index (χ1v) is 3.50. The summed E-state index contributed by atoms with van der Waals surface area (Å²) in [6.45, 7) is 0. The zero-order chi connectivity index (χ0) is 6.54. The molecule has 2 aliphatic carbocycles. The second kappa shape index (κ2) is 1.30. The lowest BCUT2D eigenvalue weighted by Gasteiger charge is -2.16. The molecule has 0 aromatic rings. The highest BCUT2D eigenvalue weighted by Gasteiger charge is 2.55. The number of hydrogen-bond donors (Lipinski definition) is 0. The minimum absolute atomic E-state index is 0.181. The van der Waals surface area contributed by atoms with Crippen LogP contribution in [0.2, 0.25) is 0 Å². The number of fused-ring (bicyclic) bond motifs is 2. The van der Waals surface area contributed by atoms with Crippen molar-refractivity contribution in [3.8, 4) is 0 Å². The molecule has 0 nitrogen and oxygen atoms in total. The lowest BCUT2D eigenvalue weighted by atomic mass is 9.97. The van der Waals surface area contributed by atoms with Crippen LogP contribution in [0.5, 0.6) is 0 Å². The van der Waals surface area contributed by atoms with Gasteiger partial charge in [-0.25, -0.2) is 8.78 Å². The number of halogens is 2. The highest BCUT2D eigenvalue weighted by atomic mass is 19.2. The van der Waals surface area contributed by atoms with E-state index in [1.807, 2.05) is 0 Å². The highest BCUT2D eigenvalue weighted by molar-refractivity contribution is 5.06. The predicted molar refractivity (Wildman–Crippen MR) is 30.8 cm³/mol. The second-order valence-corrected chi connectivity index (χ2v) is 3.48. The molecule has 0 aromatic heterocycles. The van der Waals surface area contributed by atoms with Gasteiger partial charge in [0.2, 0.25) is 0 Å². The monoisotopic (exact) mass is 132 g/mol. The normalized spacial score (nSPS) is 56.7. The third kappa shape index (κ3) is 0.684. The van der Waals surface area contributed by atoms with Gasteiger partial charge in [-0.1, -0.05) is 0 Å². The van der Waals surface area contributed by atoms with Crippen molar-refractivity contribution in [1.82, 2.24) is 0 Å². The summed E-state index contributed by atoms with van der Waals surface area (Å²) in [5.74, 6) is 0. The van der Waals surface area contributed by atoms with E-state index in [9.17, 15) is 8.78 Å². The van der Waals surface area contributed by atoms with Crippen LogP contribution in [0.3, 0.4) is 0 Å². The number of rotatable bonds is 0. The summed E-state index contributed by atoms with van der Waals surface area (Å²) in [7, 11) is 0. The molecular formula is C7H10F2. The van der Waals surface area contributed by atoms with Crippen LogP contribution < -0.4 is 0 Å². The third-order valence-electron chi connectivity index (χ3n) is 2.68. The molecule has 0 N–H and O–H groups in total. The van der Waals surface area contributed by atoms with E-state index in [0.717, 1.165) is 0 Å². The fourth-order valence-corrected chi connectivity index (χ4v) is 2.07. The van der Waals surface area contributed by atoms with Crippen molar-refractivity contribution in [1.29, 1.82) is 0 Å². The molecule has 2 fully saturated rings. The Morgan fingerprint density at radius 2 is 1.11 bits per heavy atom. The molecule has 2 aliphatic rings. The smallest absolute Gasteiger partial charge is 0.114 e. The van der Waals surface area contributed by atoms with E-state index in [2.05, 4.69) is 0 Å². The summed E-state index contributed by atoms with van der Waals surface area (Å²) in [5, 5.41) is 0. The highest BCUT2D eigenvalue weighted by Crippen LogP contribution is 2.54. The summed E-state index contributed by atoms with van der Waals surface area (Å²) in [6, 6.07) is 0. The molecule has 0 unspecified atom stereocenters. The molecule has 0 aliphatic heterocycles. The first-order valence-electron chi connectivity index (χ1n) is 3.50. The van der Waals surface area contributed by atoms with Crippen LogP contribution in [0.1, 0.15) is 32.1 Å². The molecule has 0 aromatic carbocycles. The Hall–Kier alpha value is -0.140. The standard InChI is InChI=1S/C7H10F2/c8-6-1-2-7(9,5-6)4-3-6/h1-5H2. The van der Waals surface area contributed by atoms with Crippen LogP contribution in [0.4, 0.5) is 8.78 Å². The van der Waals surface area contributed by atoms with Crippen molar-refractivity contribution in [2.75, 3.05) is 0 Å². The quantitative estimate of drug-likeness (QED) is 0.474. The molecule has 9 heavy (non-hydrogen) atoms. The molecule has 0 atom stereocenters. The Kier molecular flexibility index (Phi) is 0.814. The van der Waals surface area contributed by atoms with Gasteiger partial charge in [-0.3, -0.25) is 0 Å². The SMILES string of the molecule is FC12CCC(F)(CC1)C2. The minimum atomic E-state index is -1.10. The Labute approximate surface area is 53.2 Å². The topological polar surface area (TPSA) is 0 Å². The van der Waals surface area contributed by atoms with E-state index < -0.39 is 11.3 Å². The van der Waals surface area contributed by atoms with Crippen LogP contribution in [0, 0.1) is 0 Å². The van der Waals surface area contributed by atoms with Gasteiger partial charge in [-0.05, 0) is 25.7 Å². The molecule has 0 saturated heterocycles. The maximum atomic E-state index is 13.1. The lowest BCUT2D eigenvalue weighted by molar-refractivity contribution is 0.169. The molecule has 0 heterocycles. The van der Waals surface area contributed by atoms with Gasteiger partial charge in [0.1, 0.15) is 11.3 Å². The minimum Gasteiger partial charge on any atom is -0.244 e. The van der Waals surface area contributed by atoms with Crippen LogP contribution in [-0.4, -0.2) is 11.3 Å². The van der Waals surface area contributed by atoms with Gasteiger partial charge < -0.3 is 0 Å². The van der Waals surface area contributed by atoms with Crippen LogP contribution in [-0.2, 0) is 0 Å². The first-order chi connectivity index (χ1) is 4.12. The zero-order valence-electron chi connectivity index (χ0n) is 5.29. The molecule has 0 amide bonds. The second-order valence-electron chi connectivity index (χ2n) is 3.48. The maximum Gasteiger partial charge on any atom is 0.114 e. The van der Waals surface area contributed by atoms with E-state index in [1.165, 1.54) is 0 Å². The van der Waals surface area contributed by atoms with Crippen molar-refractivity contribution in [2.24, 2.45) is 0 Å². The molecule has 0 radical (unpaired) electrons. The van der Waals surface area contributed by atoms with Crippen molar-refractivity contribution in [3.05, 3.63) is 0 Å². The third-order valence-corrected chi connectivity index (χ3v) is 2.68. The average molecular weight is 132 g/mol. The summed E-state index contributed by atoms with van der Waals surface area (Å²) in [5.41, 5.74) is -2.20. The van der Waals surface area contributed by atoms with Gasteiger partial charge in [0.05, 0.1) is 0 Å². The summed E-state index contributed by atoms with van der Waals surface area (Å²) < 4.78 is 26.2. The summed E-state index contributed by atoms with van der Waals surface area (Å²) in [6.07, 6.45) is 2.03. The largest absolute Gasteiger partial charge is 0.244 e. The van der Waals surface area contributed by atoms with Gasteiger partial charge in [0, 0.05) is 6.42 Å². The number of alkyl halides is 2. The predicted octanol–water partition coefficient (Wildman–Crippen LogP) is 2.38. The van der Waals surface area contributed by atoms with Crippen molar-refractivity contribution in [3.63, 3.8) is 0 Å². The first kappa shape index (κ1) is 5.63. The Morgan fingerprint density at radius 3 is 1.22 bits per heavy atom. The van der Waals surface area contributed by atoms with Gasteiger partial charge >= 0.3 is 0 Å². The molecule has 2 rings (SSSR count). The molecule has 0 spiro atoms. The van der Waals surface area contributed by atoms with Crippen molar-refractivity contribution in [2.45, 2.75) is 43.4 Å². The van der Waals surface area contributed by atoms with Gasteiger partial charge in [0.15, 0.2) is 0 Å². The molecule has 2 heteroatoms. The molecule has 52 valence electrons. The molecule has 2 saturated carbocycles. The Balaban J connectivity index is 2.25. The lowest BCUT2D eigenvalue weighted by Crippen LogP contribution is -2.14. The average Bonchev–Trinajstić information content (AvgIpc) is 2.19. The van der Waals surface area contributed by atoms with Gasteiger partial charge in [-0.15, -0.1) is 0 Å². The zero-order valence-corrected chi connectivity index (χ0v) is 5.29. The van der Waals surface area contributed by atoms with Crippen LogP contribution in [0.15, 0.2) is 0 Å². The van der Waals surface area contributed by atoms with E-state index in [1.54, 1.807) is 0 Å². The maximum absolute atomic E-state index is 13.1. The molecule has 2 bridgehead atoms. The fraction of sp³-hybridized carbons (Fsp3) is 1.00. The van der Waals surface area contributed by atoms with Gasteiger partial charge in [-0.2, -0.15) is 0 Å². The molecular weight excluding hydrogens is 122 g/mol. The Bertz CT molecular complexity index is 118. The number of hydrogen-bond acceptors (Lipinski definition) is 0. The van der Waals surface area contributed by atoms with Crippen LogP contribution in [0.25, 0.3) is 0 Å². The summed E-state index contributed by atoms with van der Waals surface area (Å²) in [4.78, 5) is 0. The van der Waals surface area contributed by atoms with Gasteiger partial charge in [0.25, 0.3) is 0 Å². The Morgan fingerprint density at radius 1 is 0.778 bits per heavy atom.